The Kier molecular flexibility index (Phi) is 4.40. The van der Waals surface area contributed by atoms with E-state index in [-0.39, 0.29) is 29.2 Å². The number of aromatic hydroxyl groups is 1. The second-order valence-electron chi connectivity index (χ2n) is 10.2. The van der Waals surface area contributed by atoms with Gasteiger partial charge in [0.1, 0.15) is 27.2 Å². The molecule has 4 heterocycles. The van der Waals surface area contributed by atoms with E-state index in [0.29, 0.717) is 0 Å². The number of fused-ring (bicyclic) bond motifs is 4. The van der Waals surface area contributed by atoms with Gasteiger partial charge in [-0.25, -0.2) is 0 Å². The summed E-state index contributed by atoms with van der Waals surface area (Å²) < 4.78 is 138. The molecule has 4 aliphatic heterocycles. The summed E-state index contributed by atoms with van der Waals surface area (Å²) in [7, 11) is -6.49. The maximum Gasteiger partial charge on any atom is 0.310 e. The van der Waals surface area contributed by atoms with Crippen LogP contribution in [0.4, 0.5) is 0 Å². The van der Waals surface area contributed by atoms with Crippen molar-refractivity contribution < 1.29 is 77.8 Å². The molecule has 2 aromatic rings. The van der Waals surface area contributed by atoms with Gasteiger partial charge in [-0.3, -0.25) is 4.79 Å². The van der Waals surface area contributed by atoms with Gasteiger partial charge in [-0.2, -0.15) is 0 Å². The van der Waals surface area contributed by atoms with Crippen molar-refractivity contribution in [2.75, 3.05) is 34.0 Å². The molecule has 3 fully saturated rings. The Bertz CT molecular complexity index is 1770. The molecular weight excluding hydrogens is 556 g/mol. The zero-order valence-corrected chi connectivity index (χ0v) is 21.6. The molecule has 3 saturated heterocycles. The third-order valence-electron chi connectivity index (χ3n) is 7.90. The molecule has 0 aromatic heterocycles. The van der Waals surface area contributed by atoms with Gasteiger partial charge >= 0.3 is 5.97 Å². The summed E-state index contributed by atoms with van der Waals surface area (Å²) in [5, 5.41) is 33.0. The monoisotopic (exact) mass is 599 g/mol. The third-order valence-corrected chi connectivity index (χ3v) is 7.90. The smallest absolute Gasteiger partial charge is 0.310 e. The largest absolute Gasteiger partial charge is 0.502 e. The van der Waals surface area contributed by atoms with E-state index in [0.717, 1.165) is 24.3 Å². The second-order valence-corrected chi connectivity index (χ2v) is 10.2. The molecule has 3 N–H and O–H groups in total. The van der Waals surface area contributed by atoms with Gasteiger partial charge in [-0.15, -0.1) is 0 Å². The van der Waals surface area contributed by atoms with E-state index >= 15 is 0 Å². The van der Waals surface area contributed by atoms with Crippen LogP contribution in [-0.2, 0) is 28.5 Å². The number of hydrogen-bond donors (Lipinski definition) is 3. The number of aliphatic hydroxyl groups is 2. The molecule has 0 unspecified atom stereocenters. The van der Waals surface area contributed by atoms with Crippen LogP contribution in [0, 0.1) is 11.8 Å². The molecule has 0 saturated carbocycles. The van der Waals surface area contributed by atoms with Crippen LogP contribution < -0.4 is 18.9 Å². The number of cyclic esters (lactones) is 1. The van der Waals surface area contributed by atoms with Crippen molar-refractivity contribution in [2.45, 2.75) is 55.9 Å². The first kappa shape index (κ1) is 17.7. The Morgan fingerprint density at radius 2 is 1.71 bits per heavy atom. The SMILES string of the molecule is [2H]C([2H])([2H])Oc1cc([C@]2([2H])c3cc4c(cc3[C@@H](O[C@@H]3O[C@@H]5CO[C@@H](C)O[C@H]5[C@H](O)[C@H]3O)[C@@H]3[C@@H]2C(=O)OC3([2H])[2H])OC([2H])([2H])O4)cc(OC([2H])([2H])[2H])c1O. The minimum Gasteiger partial charge on any atom is -0.502 e. The Hall–Kier alpha value is -3.33. The van der Waals surface area contributed by atoms with E-state index < -0.39 is 117 Å². The quantitative estimate of drug-likeness (QED) is 0.423. The highest BCUT2D eigenvalue weighted by Gasteiger charge is 2.56. The summed E-state index contributed by atoms with van der Waals surface area (Å²) in [5.74, 6) is -11.2. The lowest BCUT2D eigenvalue weighted by atomic mass is 9.66. The topological polar surface area (TPSA) is 161 Å². The number of methoxy groups -OCH3 is 2. The lowest BCUT2D eigenvalue weighted by molar-refractivity contribution is -0.364. The van der Waals surface area contributed by atoms with E-state index in [9.17, 15) is 21.5 Å². The van der Waals surface area contributed by atoms with Crippen LogP contribution in [0.1, 0.15) is 50.7 Å². The van der Waals surface area contributed by atoms with Gasteiger partial charge in [0.2, 0.25) is 12.5 Å². The predicted molar refractivity (Wildman–Crippen MR) is 138 cm³/mol. The van der Waals surface area contributed by atoms with Crippen molar-refractivity contribution >= 4 is 5.97 Å². The van der Waals surface area contributed by atoms with Gasteiger partial charge in [0, 0.05) is 13.2 Å². The molecule has 0 bridgehead atoms. The van der Waals surface area contributed by atoms with Crippen LogP contribution in [-0.4, -0.2) is 92.3 Å². The minimum atomic E-state index is -3.24. The number of aliphatic hydroxyl groups excluding tert-OH is 2. The number of ether oxygens (including phenoxy) is 9. The van der Waals surface area contributed by atoms with E-state index in [1.54, 1.807) is 6.92 Å². The van der Waals surface area contributed by atoms with Crippen LogP contribution >= 0.6 is 0 Å². The van der Waals surface area contributed by atoms with Gasteiger partial charge in [-0.1, -0.05) is 0 Å². The van der Waals surface area contributed by atoms with Gasteiger partial charge in [0.25, 0.3) is 0 Å². The van der Waals surface area contributed by atoms with E-state index in [4.69, 9.17) is 56.3 Å². The molecule has 42 heavy (non-hydrogen) atoms. The number of phenols is 1. The number of phenolic OH excluding ortho intramolecular Hbond substituents is 1. The number of carbonyl (C=O) groups excluding carboxylic acids is 1. The molecule has 226 valence electrons. The summed E-state index contributed by atoms with van der Waals surface area (Å²) >= 11 is 0. The molecule has 10 atom stereocenters. The molecule has 2 aromatic carbocycles. The summed E-state index contributed by atoms with van der Waals surface area (Å²) in [5.41, 5.74) is -0.936. The molecule has 13 heteroatoms. The zero-order chi connectivity index (χ0) is 38.8. The Morgan fingerprint density at radius 1 is 1.00 bits per heavy atom. The standard InChI is InChI=1S/C29H32O13/c1-11-36-9-20-27(40-11)24(31)25(32)29(41-20)42-26-14-7-17-16(38-10-39-17)6-13(14)21(22-15(26)8-37-28(22)33)12-4-18(34-2)23(30)19(5-12)35-3/h4-7,11,15,20-22,24-27,29-32H,8-10H2,1-3H3/t11-,15+,20-,21-,22+,24-,25-,26-,27-,29+/m1/s1/i2D3,3D3,8D2,10D2,21D. The first-order valence-corrected chi connectivity index (χ1v) is 12.9. The maximum absolute atomic E-state index is 13.8. The van der Waals surface area contributed by atoms with Crippen molar-refractivity contribution in [3.63, 3.8) is 0 Å². The first-order chi connectivity index (χ1) is 24.4. The van der Waals surface area contributed by atoms with Crippen LogP contribution in [0.5, 0.6) is 28.7 Å². The molecule has 0 amide bonds. The molecule has 5 aliphatic rings. The number of esters is 1. The molecule has 0 spiro atoms. The van der Waals surface area contributed by atoms with Crippen LogP contribution in [0.2, 0.25) is 0 Å². The lowest BCUT2D eigenvalue weighted by Gasteiger charge is -2.47. The van der Waals surface area contributed by atoms with Gasteiger partial charge < -0.3 is 58.0 Å². The number of carbonyl (C=O) groups is 1. The van der Waals surface area contributed by atoms with Gasteiger partial charge in [0.05, 0.1) is 50.2 Å². The first-order valence-electron chi connectivity index (χ1n) is 18.4. The fraction of sp³-hybridized carbons (Fsp3) is 0.552. The van der Waals surface area contributed by atoms with Crippen molar-refractivity contribution in [1.29, 1.82) is 0 Å². The molecular formula is C29H32O13. The van der Waals surface area contributed by atoms with Gasteiger partial charge in [-0.05, 0) is 47.9 Å². The average Bonchev–Trinajstić information content (AvgIpc) is 3.46. The normalized spacial score (nSPS) is 45.1. The summed E-state index contributed by atoms with van der Waals surface area (Å²) in [6, 6.07) is 3.87. The fourth-order valence-corrected chi connectivity index (χ4v) is 5.96. The molecule has 1 aliphatic carbocycles. The van der Waals surface area contributed by atoms with Crippen molar-refractivity contribution in [3.05, 3.63) is 41.0 Å². The number of hydrogen-bond acceptors (Lipinski definition) is 13. The predicted octanol–water partition coefficient (Wildman–Crippen LogP) is 1.34. The second kappa shape index (κ2) is 10.4. The fourth-order valence-electron chi connectivity index (χ4n) is 5.96. The Labute approximate surface area is 256 Å². The highest BCUT2D eigenvalue weighted by Crippen LogP contribution is 2.57. The van der Waals surface area contributed by atoms with Crippen LogP contribution in [0.25, 0.3) is 0 Å². The average molecular weight is 600 g/mol. The summed E-state index contributed by atoms with van der Waals surface area (Å²) in [6.07, 6.45) is -9.68. The van der Waals surface area contributed by atoms with E-state index in [1.807, 2.05) is 0 Å². The van der Waals surface area contributed by atoms with Crippen LogP contribution in [0.15, 0.2) is 24.3 Å². The highest BCUT2D eigenvalue weighted by molar-refractivity contribution is 5.79. The molecule has 13 nitrogen and oxygen atoms in total. The minimum absolute atomic E-state index is 0.100. The summed E-state index contributed by atoms with van der Waals surface area (Å²) in [4.78, 5) is 13.8. The van der Waals surface area contributed by atoms with Crippen molar-refractivity contribution in [1.82, 2.24) is 0 Å². The number of benzene rings is 2. The van der Waals surface area contributed by atoms with Crippen molar-refractivity contribution in [2.24, 2.45) is 11.8 Å². The third kappa shape index (κ3) is 4.26. The molecule has 0 radical (unpaired) electrons. The Balaban J connectivity index is 1.43. The van der Waals surface area contributed by atoms with E-state index in [2.05, 4.69) is 0 Å². The zero-order valence-electron chi connectivity index (χ0n) is 32.6. The lowest BCUT2D eigenvalue weighted by Crippen LogP contribution is -2.63. The van der Waals surface area contributed by atoms with Crippen LogP contribution in [0.3, 0.4) is 0 Å². The Morgan fingerprint density at radius 3 is 2.43 bits per heavy atom. The number of rotatable bonds is 5. The van der Waals surface area contributed by atoms with Crippen molar-refractivity contribution in [3.8, 4) is 28.7 Å². The highest BCUT2D eigenvalue weighted by atomic mass is 16.8. The molecule has 7 rings (SSSR count). The summed E-state index contributed by atoms with van der Waals surface area (Å²) in [6.45, 7) is -4.23. The maximum atomic E-state index is 13.8. The van der Waals surface area contributed by atoms with Gasteiger partial charge in [0.15, 0.2) is 35.6 Å². The van der Waals surface area contributed by atoms with E-state index in [1.165, 1.54) is 0 Å².